The molecule has 0 aliphatic rings. The topological polar surface area (TPSA) is 82.8 Å². The lowest BCUT2D eigenvalue weighted by molar-refractivity contribution is 0.521. The molecule has 2 rings (SSSR count). The van der Waals surface area contributed by atoms with Gasteiger partial charge in [-0.05, 0) is 13.8 Å². The van der Waals surface area contributed by atoms with E-state index >= 15 is 0 Å². The molecule has 0 bridgehead atoms. The second kappa shape index (κ2) is 3.82. The van der Waals surface area contributed by atoms with E-state index in [9.17, 15) is 0 Å². The summed E-state index contributed by atoms with van der Waals surface area (Å²) >= 11 is 0. The minimum Gasteiger partial charge on any atom is -0.448 e. The molecule has 0 saturated heterocycles. The molecule has 0 aliphatic heterocycles. The van der Waals surface area contributed by atoms with Gasteiger partial charge in [0.05, 0.1) is 18.4 Å². The first-order valence-corrected chi connectivity index (χ1v) is 4.71. The van der Waals surface area contributed by atoms with Gasteiger partial charge in [-0.25, -0.2) is 9.67 Å². The van der Waals surface area contributed by atoms with Gasteiger partial charge in [0, 0.05) is 6.04 Å². The molecular formula is C9H13N5O. The van der Waals surface area contributed by atoms with Gasteiger partial charge in [-0.2, -0.15) is 0 Å². The van der Waals surface area contributed by atoms with Gasteiger partial charge >= 0.3 is 0 Å². The summed E-state index contributed by atoms with van der Waals surface area (Å²) in [5.74, 6) is 0.799. The standard InChI is InChI=1S/C9H13N5O/c1-6(10)8-3-14(13-12-8)4-9-7(2)15-5-11-9/h3,5-6H,4,10H2,1-2H3. The fraction of sp³-hybridized carbons (Fsp3) is 0.444. The van der Waals surface area contributed by atoms with Crippen LogP contribution >= 0.6 is 0 Å². The number of oxazole rings is 1. The van der Waals surface area contributed by atoms with Crippen molar-refractivity contribution in [3.8, 4) is 0 Å². The number of aromatic nitrogens is 4. The van der Waals surface area contributed by atoms with E-state index in [2.05, 4.69) is 15.3 Å². The molecule has 1 atom stereocenters. The summed E-state index contributed by atoms with van der Waals surface area (Å²) < 4.78 is 6.79. The quantitative estimate of drug-likeness (QED) is 0.798. The first-order valence-electron chi connectivity index (χ1n) is 4.71. The van der Waals surface area contributed by atoms with Gasteiger partial charge in [-0.15, -0.1) is 5.10 Å². The van der Waals surface area contributed by atoms with E-state index in [0.29, 0.717) is 6.54 Å². The van der Waals surface area contributed by atoms with Crippen molar-refractivity contribution in [2.24, 2.45) is 5.73 Å². The maximum absolute atomic E-state index is 5.68. The molecule has 1 unspecified atom stereocenters. The highest BCUT2D eigenvalue weighted by molar-refractivity contribution is 5.06. The highest BCUT2D eigenvalue weighted by atomic mass is 16.3. The lowest BCUT2D eigenvalue weighted by atomic mass is 10.3. The first-order chi connectivity index (χ1) is 7.16. The summed E-state index contributed by atoms with van der Waals surface area (Å²) in [4.78, 5) is 4.08. The van der Waals surface area contributed by atoms with Crippen molar-refractivity contribution in [1.82, 2.24) is 20.0 Å². The zero-order chi connectivity index (χ0) is 10.8. The van der Waals surface area contributed by atoms with E-state index in [0.717, 1.165) is 17.1 Å². The molecule has 6 heteroatoms. The van der Waals surface area contributed by atoms with Crippen molar-refractivity contribution in [2.45, 2.75) is 26.4 Å². The second-order valence-corrected chi connectivity index (χ2v) is 3.48. The molecule has 0 fully saturated rings. The molecule has 0 radical (unpaired) electrons. The van der Waals surface area contributed by atoms with Crippen LogP contribution in [0.25, 0.3) is 0 Å². The third-order valence-corrected chi connectivity index (χ3v) is 2.18. The largest absolute Gasteiger partial charge is 0.448 e. The molecule has 2 aromatic rings. The lowest BCUT2D eigenvalue weighted by Gasteiger charge is -1.97. The SMILES string of the molecule is Cc1ocnc1Cn1cc(C(C)N)nn1. The molecule has 0 aromatic carbocycles. The lowest BCUT2D eigenvalue weighted by Crippen LogP contribution is -2.05. The van der Waals surface area contributed by atoms with Crippen LogP contribution in [0.1, 0.15) is 30.1 Å². The van der Waals surface area contributed by atoms with Crippen LogP contribution in [0, 0.1) is 6.92 Å². The number of aryl methyl sites for hydroxylation is 1. The van der Waals surface area contributed by atoms with Crippen LogP contribution in [0.3, 0.4) is 0 Å². The maximum Gasteiger partial charge on any atom is 0.181 e. The third-order valence-electron chi connectivity index (χ3n) is 2.18. The average molecular weight is 207 g/mol. The van der Waals surface area contributed by atoms with Crippen LogP contribution in [0.15, 0.2) is 17.0 Å². The van der Waals surface area contributed by atoms with Crippen LogP contribution in [0.5, 0.6) is 0 Å². The summed E-state index contributed by atoms with van der Waals surface area (Å²) in [5, 5.41) is 7.91. The third kappa shape index (κ3) is 2.04. The number of hydrogen-bond donors (Lipinski definition) is 1. The van der Waals surface area contributed by atoms with Crippen molar-refractivity contribution in [2.75, 3.05) is 0 Å². The van der Waals surface area contributed by atoms with Gasteiger partial charge in [-0.1, -0.05) is 5.21 Å². The van der Waals surface area contributed by atoms with E-state index < -0.39 is 0 Å². The van der Waals surface area contributed by atoms with Gasteiger partial charge < -0.3 is 10.2 Å². The molecule has 0 aliphatic carbocycles. The highest BCUT2D eigenvalue weighted by Crippen LogP contribution is 2.08. The number of rotatable bonds is 3. The van der Waals surface area contributed by atoms with Gasteiger partial charge in [0.15, 0.2) is 6.39 Å². The predicted octanol–water partition coefficient (Wildman–Crippen LogP) is 0.643. The van der Waals surface area contributed by atoms with E-state index in [1.54, 1.807) is 4.68 Å². The van der Waals surface area contributed by atoms with E-state index in [-0.39, 0.29) is 6.04 Å². The summed E-state index contributed by atoms with van der Waals surface area (Å²) in [7, 11) is 0. The van der Waals surface area contributed by atoms with Crippen molar-refractivity contribution in [3.63, 3.8) is 0 Å². The van der Waals surface area contributed by atoms with Gasteiger partial charge in [0.2, 0.25) is 0 Å². The number of nitrogens with two attached hydrogens (primary N) is 1. The number of nitrogens with zero attached hydrogens (tertiary/aromatic N) is 4. The molecule has 2 heterocycles. The minimum absolute atomic E-state index is 0.0999. The van der Waals surface area contributed by atoms with Crippen molar-refractivity contribution < 1.29 is 4.42 Å². The maximum atomic E-state index is 5.68. The monoisotopic (exact) mass is 207 g/mol. The van der Waals surface area contributed by atoms with Crippen LogP contribution in [-0.4, -0.2) is 20.0 Å². The average Bonchev–Trinajstić information content (AvgIpc) is 2.77. The van der Waals surface area contributed by atoms with E-state index in [1.807, 2.05) is 20.0 Å². The summed E-state index contributed by atoms with van der Waals surface area (Å²) in [6.45, 7) is 4.30. The van der Waals surface area contributed by atoms with E-state index in [1.165, 1.54) is 6.39 Å². The van der Waals surface area contributed by atoms with Crippen molar-refractivity contribution in [3.05, 3.63) is 29.7 Å². The fourth-order valence-electron chi connectivity index (χ4n) is 1.23. The zero-order valence-electron chi connectivity index (χ0n) is 8.71. The van der Waals surface area contributed by atoms with Crippen molar-refractivity contribution >= 4 is 0 Å². The van der Waals surface area contributed by atoms with Gasteiger partial charge in [0.1, 0.15) is 11.5 Å². The minimum atomic E-state index is -0.0999. The fourth-order valence-corrected chi connectivity index (χ4v) is 1.23. The zero-order valence-corrected chi connectivity index (χ0v) is 8.71. The van der Waals surface area contributed by atoms with Crippen LogP contribution in [0.4, 0.5) is 0 Å². The Balaban J connectivity index is 2.15. The van der Waals surface area contributed by atoms with Gasteiger partial charge in [-0.3, -0.25) is 0 Å². The molecule has 0 saturated carbocycles. The highest BCUT2D eigenvalue weighted by Gasteiger charge is 2.08. The molecule has 0 spiro atoms. The Morgan fingerprint density at radius 1 is 1.60 bits per heavy atom. The summed E-state index contributed by atoms with van der Waals surface area (Å²) in [6.07, 6.45) is 3.24. The Kier molecular flexibility index (Phi) is 2.51. The number of hydrogen-bond acceptors (Lipinski definition) is 5. The van der Waals surface area contributed by atoms with Crippen molar-refractivity contribution in [1.29, 1.82) is 0 Å². The Labute approximate surface area is 87.1 Å². The molecule has 2 aromatic heterocycles. The first kappa shape index (κ1) is 9.85. The Bertz CT molecular complexity index is 445. The second-order valence-electron chi connectivity index (χ2n) is 3.48. The van der Waals surface area contributed by atoms with Crippen LogP contribution in [0.2, 0.25) is 0 Å². The molecule has 2 N–H and O–H groups in total. The molecule has 0 amide bonds. The molecule has 15 heavy (non-hydrogen) atoms. The Morgan fingerprint density at radius 3 is 2.93 bits per heavy atom. The van der Waals surface area contributed by atoms with Crippen LogP contribution in [-0.2, 0) is 6.54 Å². The van der Waals surface area contributed by atoms with Crippen LogP contribution < -0.4 is 5.73 Å². The molecule has 6 nitrogen and oxygen atoms in total. The van der Waals surface area contributed by atoms with E-state index in [4.69, 9.17) is 10.2 Å². The molecular weight excluding hydrogens is 194 g/mol. The molecule has 80 valence electrons. The Morgan fingerprint density at radius 2 is 2.40 bits per heavy atom. The smallest absolute Gasteiger partial charge is 0.181 e. The Hall–Kier alpha value is -1.69. The normalized spacial score (nSPS) is 13.0. The summed E-state index contributed by atoms with van der Waals surface area (Å²) in [5.41, 5.74) is 7.31. The summed E-state index contributed by atoms with van der Waals surface area (Å²) in [6, 6.07) is -0.0999. The predicted molar refractivity (Wildman–Crippen MR) is 53.0 cm³/mol. The van der Waals surface area contributed by atoms with Gasteiger partial charge in [0.25, 0.3) is 0 Å².